The van der Waals surface area contributed by atoms with E-state index in [1.54, 1.807) is 0 Å². The minimum absolute atomic E-state index is 0.000195. The summed E-state index contributed by atoms with van der Waals surface area (Å²) in [5, 5.41) is 2.95. The van der Waals surface area contributed by atoms with Crippen LogP contribution in [0.3, 0.4) is 0 Å². The van der Waals surface area contributed by atoms with E-state index < -0.39 is 5.60 Å². The Morgan fingerprint density at radius 3 is 2.10 bits per heavy atom. The van der Waals surface area contributed by atoms with Gasteiger partial charge in [0.05, 0.1) is 45.7 Å². The van der Waals surface area contributed by atoms with Gasteiger partial charge in [-0.05, 0) is 81.0 Å². The van der Waals surface area contributed by atoms with Crippen molar-refractivity contribution in [3.05, 3.63) is 76.0 Å². The van der Waals surface area contributed by atoms with E-state index in [9.17, 15) is 9.59 Å². The van der Waals surface area contributed by atoms with Gasteiger partial charge >= 0.3 is 5.97 Å². The Bertz CT molecular complexity index is 1370. The molecular formula is C39H55NO8. The molecule has 1 spiro atoms. The molecule has 1 atom stereocenters. The zero-order valence-corrected chi connectivity index (χ0v) is 29.9. The first-order chi connectivity index (χ1) is 22.9. The molecule has 2 aliphatic rings. The minimum Gasteiger partial charge on any atom is -0.488 e. The van der Waals surface area contributed by atoms with Gasteiger partial charge in [0.25, 0.3) is 0 Å². The van der Waals surface area contributed by atoms with Crippen molar-refractivity contribution in [1.82, 2.24) is 5.32 Å². The van der Waals surface area contributed by atoms with Crippen molar-refractivity contribution in [2.75, 3.05) is 46.2 Å². The molecule has 1 amide bonds. The van der Waals surface area contributed by atoms with Crippen molar-refractivity contribution in [1.29, 1.82) is 0 Å². The quantitative estimate of drug-likeness (QED) is 0.153. The first-order valence-electron chi connectivity index (χ1n) is 17.3. The fraction of sp³-hybridized carbons (Fsp3) is 0.590. The topological polar surface area (TPSA) is 102 Å². The highest BCUT2D eigenvalue weighted by molar-refractivity contribution is 6.20. The fourth-order valence-electron chi connectivity index (χ4n) is 6.25. The summed E-state index contributed by atoms with van der Waals surface area (Å²) in [6, 6.07) is 14.3. The van der Waals surface area contributed by atoms with E-state index in [1.807, 2.05) is 51.1 Å². The first-order valence-corrected chi connectivity index (χ1v) is 17.3. The second-order valence-corrected chi connectivity index (χ2v) is 14.1. The van der Waals surface area contributed by atoms with Crippen LogP contribution in [-0.2, 0) is 44.6 Å². The molecule has 0 saturated heterocycles. The van der Waals surface area contributed by atoms with Gasteiger partial charge in [0.15, 0.2) is 11.4 Å². The van der Waals surface area contributed by atoms with Crippen LogP contribution in [0, 0.1) is 26.2 Å². The lowest BCUT2D eigenvalue weighted by Gasteiger charge is -2.37. The Morgan fingerprint density at radius 1 is 0.917 bits per heavy atom. The Labute approximate surface area is 286 Å². The molecule has 1 fully saturated rings. The first kappa shape index (κ1) is 37.6. The maximum atomic E-state index is 13.6. The summed E-state index contributed by atoms with van der Waals surface area (Å²) in [4.78, 5) is 25.5. The number of hydrogen-bond donors (Lipinski definition) is 1. The predicted molar refractivity (Wildman–Crippen MR) is 185 cm³/mol. The van der Waals surface area contributed by atoms with Crippen LogP contribution in [-0.4, -0.2) is 75.9 Å². The van der Waals surface area contributed by atoms with E-state index in [0.29, 0.717) is 70.4 Å². The number of carbonyl (C=O) groups excluding carboxylic acids is 2. The SMILES string of the molecule is Cc1cc(C)c(C2=C(OCc3ccccc3)[C@]3(CC[C@H](OCCOCCOCCOCC(=O)NC(C)C(C)(C)C)CC3)OC2=O)c(C)c1. The van der Waals surface area contributed by atoms with Gasteiger partial charge in [0, 0.05) is 6.04 Å². The summed E-state index contributed by atoms with van der Waals surface area (Å²) < 4.78 is 35.6. The number of benzene rings is 2. The second-order valence-electron chi connectivity index (χ2n) is 14.1. The number of carbonyl (C=O) groups is 2. The summed E-state index contributed by atoms with van der Waals surface area (Å²) in [7, 11) is 0. The van der Waals surface area contributed by atoms with E-state index in [4.69, 9.17) is 28.4 Å². The van der Waals surface area contributed by atoms with Crippen molar-refractivity contribution < 1.29 is 38.0 Å². The lowest BCUT2D eigenvalue weighted by Crippen LogP contribution is -2.43. The molecule has 1 aliphatic carbocycles. The number of nitrogens with one attached hydrogen (secondary N) is 1. The Hall–Kier alpha value is -3.24. The zero-order chi connectivity index (χ0) is 34.7. The van der Waals surface area contributed by atoms with Gasteiger partial charge < -0.3 is 33.7 Å². The molecule has 2 aromatic carbocycles. The van der Waals surface area contributed by atoms with Crippen LogP contribution in [0.1, 0.15) is 81.2 Å². The van der Waals surface area contributed by atoms with Gasteiger partial charge in [-0.25, -0.2) is 4.79 Å². The number of rotatable bonds is 17. The molecule has 1 heterocycles. The van der Waals surface area contributed by atoms with Gasteiger partial charge in [-0.1, -0.05) is 68.8 Å². The molecule has 1 unspecified atom stereocenters. The maximum absolute atomic E-state index is 13.6. The second kappa shape index (κ2) is 17.4. The lowest BCUT2D eigenvalue weighted by molar-refractivity contribution is -0.154. The molecule has 264 valence electrons. The normalized spacial score (nSPS) is 20.2. The van der Waals surface area contributed by atoms with Crippen molar-refractivity contribution in [2.24, 2.45) is 5.41 Å². The van der Waals surface area contributed by atoms with E-state index in [0.717, 1.165) is 40.7 Å². The van der Waals surface area contributed by atoms with E-state index in [1.165, 1.54) is 0 Å². The van der Waals surface area contributed by atoms with E-state index >= 15 is 0 Å². The third-order valence-corrected chi connectivity index (χ3v) is 9.26. The predicted octanol–water partition coefficient (Wildman–Crippen LogP) is 6.40. The Balaban J connectivity index is 1.19. The van der Waals surface area contributed by atoms with Crippen molar-refractivity contribution >= 4 is 17.4 Å². The Kier molecular flexibility index (Phi) is 13.6. The number of aryl methyl sites for hydroxylation is 3. The number of ether oxygens (including phenoxy) is 6. The summed E-state index contributed by atoms with van der Waals surface area (Å²) >= 11 is 0. The largest absolute Gasteiger partial charge is 0.488 e. The lowest BCUT2D eigenvalue weighted by atomic mass is 9.80. The summed E-state index contributed by atoms with van der Waals surface area (Å²) in [6.45, 7) is 17.4. The van der Waals surface area contributed by atoms with Gasteiger partial charge in [-0.15, -0.1) is 0 Å². The fourth-order valence-corrected chi connectivity index (χ4v) is 6.25. The maximum Gasteiger partial charge on any atom is 0.343 e. The standard InChI is InChI=1S/C39H55NO8/c1-27-23-28(2)34(29(3)24-27)35-36(47-25-31-11-9-8-10-12-31)39(48-37(35)42)15-13-32(14-16-39)46-22-21-44-18-17-43-19-20-45-26-33(41)40-30(4)38(5,6)7/h8-12,23-24,30,32H,13-22,25-26H2,1-7H3,(H,40,41)/t30?,32-,39+. The molecule has 48 heavy (non-hydrogen) atoms. The molecule has 9 nitrogen and oxygen atoms in total. The highest BCUT2D eigenvalue weighted by Crippen LogP contribution is 2.48. The highest BCUT2D eigenvalue weighted by Gasteiger charge is 2.52. The zero-order valence-electron chi connectivity index (χ0n) is 29.9. The minimum atomic E-state index is -0.795. The average Bonchev–Trinajstić information content (AvgIpc) is 3.28. The summed E-state index contributed by atoms with van der Waals surface area (Å²) in [5.74, 6) is 0.214. The van der Waals surface area contributed by atoms with Gasteiger partial charge in [0.2, 0.25) is 5.91 Å². The van der Waals surface area contributed by atoms with Crippen LogP contribution in [0.25, 0.3) is 5.57 Å². The van der Waals surface area contributed by atoms with Crippen molar-refractivity contribution in [2.45, 2.75) is 98.5 Å². The van der Waals surface area contributed by atoms with E-state index in [-0.39, 0.29) is 36.0 Å². The third kappa shape index (κ3) is 10.4. The smallest absolute Gasteiger partial charge is 0.343 e. The molecule has 0 bridgehead atoms. The monoisotopic (exact) mass is 665 g/mol. The van der Waals surface area contributed by atoms with Crippen molar-refractivity contribution in [3.63, 3.8) is 0 Å². The van der Waals surface area contributed by atoms with Gasteiger partial charge in [-0.3, -0.25) is 4.79 Å². The van der Waals surface area contributed by atoms with Crippen LogP contribution in [0.15, 0.2) is 48.2 Å². The highest BCUT2D eigenvalue weighted by atomic mass is 16.6. The average molecular weight is 666 g/mol. The molecule has 1 N–H and O–H groups in total. The number of hydrogen-bond acceptors (Lipinski definition) is 8. The van der Waals surface area contributed by atoms with Crippen LogP contribution < -0.4 is 5.32 Å². The number of amides is 1. The van der Waals surface area contributed by atoms with Crippen LogP contribution >= 0.6 is 0 Å². The van der Waals surface area contributed by atoms with E-state index in [2.05, 4.69) is 45.1 Å². The van der Waals surface area contributed by atoms with Crippen LogP contribution in [0.5, 0.6) is 0 Å². The molecule has 4 rings (SSSR count). The van der Waals surface area contributed by atoms with Crippen molar-refractivity contribution in [3.8, 4) is 0 Å². The molecule has 1 saturated carbocycles. The van der Waals surface area contributed by atoms with Crippen LogP contribution in [0.2, 0.25) is 0 Å². The third-order valence-electron chi connectivity index (χ3n) is 9.26. The number of esters is 1. The molecule has 0 radical (unpaired) electrons. The molecular weight excluding hydrogens is 610 g/mol. The molecule has 0 aromatic heterocycles. The molecule has 2 aromatic rings. The summed E-state index contributed by atoms with van der Waals surface area (Å²) in [5.41, 5.74) is 4.95. The van der Waals surface area contributed by atoms with Gasteiger partial charge in [-0.2, -0.15) is 0 Å². The van der Waals surface area contributed by atoms with Crippen LogP contribution in [0.4, 0.5) is 0 Å². The molecule has 1 aliphatic heterocycles. The van der Waals surface area contributed by atoms with Gasteiger partial charge in [0.1, 0.15) is 18.8 Å². The summed E-state index contributed by atoms with van der Waals surface area (Å²) in [6.07, 6.45) is 2.82. The molecule has 9 heteroatoms. The Morgan fingerprint density at radius 2 is 1.50 bits per heavy atom.